The standard InChI is InChI=1S/C17H27FN2S/c1-16(2,3)19-11-13-14(18)7-6-8-15(13)20-9-10-21-17(4,5)12-20/h6-8,19H,9-12H2,1-5H3. The summed E-state index contributed by atoms with van der Waals surface area (Å²) in [6.07, 6.45) is 0. The topological polar surface area (TPSA) is 15.3 Å². The Hall–Kier alpha value is -0.740. The maximum Gasteiger partial charge on any atom is 0.129 e. The van der Waals surface area contributed by atoms with Crippen LogP contribution in [0.1, 0.15) is 40.2 Å². The monoisotopic (exact) mass is 310 g/mol. The van der Waals surface area contributed by atoms with Gasteiger partial charge < -0.3 is 10.2 Å². The molecule has 0 spiro atoms. The fourth-order valence-corrected chi connectivity index (χ4v) is 3.71. The van der Waals surface area contributed by atoms with Crippen molar-refractivity contribution in [3.05, 3.63) is 29.6 Å². The molecule has 1 aromatic rings. The lowest BCUT2D eigenvalue weighted by atomic mass is 10.1. The van der Waals surface area contributed by atoms with Gasteiger partial charge in [0, 0.05) is 46.9 Å². The van der Waals surface area contributed by atoms with E-state index in [9.17, 15) is 4.39 Å². The molecule has 2 rings (SSSR count). The van der Waals surface area contributed by atoms with Crippen LogP contribution in [0.4, 0.5) is 10.1 Å². The summed E-state index contributed by atoms with van der Waals surface area (Å²) in [6.45, 7) is 13.3. The van der Waals surface area contributed by atoms with Crippen LogP contribution in [0.3, 0.4) is 0 Å². The maximum atomic E-state index is 14.3. The maximum absolute atomic E-state index is 14.3. The first-order valence-electron chi connectivity index (χ1n) is 7.59. The first-order valence-corrected chi connectivity index (χ1v) is 8.58. The molecule has 21 heavy (non-hydrogen) atoms. The summed E-state index contributed by atoms with van der Waals surface area (Å²) in [6, 6.07) is 5.43. The second kappa shape index (κ2) is 6.17. The molecule has 0 amide bonds. The van der Waals surface area contributed by atoms with Gasteiger partial charge in [0.05, 0.1) is 0 Å². The van der Waals surface area contributed by atoms with Crippen LogP contribution in [0.2, 0.25) is 0 Å². The fraction of sp³-hybridized carbons (Fsp3) is 0.647. The number of hydrogen-bond acceptors (Lipinski definition) is 3. The molecule has 0 saturated carbocycles. The van der Waals surface area contributed by atoms with Crippen LogP contribution in [-0.4, -0.2) is 29.1 Å². The number of rotatable bonds is 3. The number of anilines is 1. The van der Waals surface area contributed by atoms with Gasteiger partial charge in [-0.15, -0.1) is 0 Å². The molecule has 0 aromatic heterocycles. The average Bonchev–Trinajstić information content (AvgIpc) is 2.34. The van der Waals surface area contributed by atoms with Gasteiger partial charge >= 0.3 is 0 Å². The third-order valence-corrected chi connectivity index (χ3v) is 4.95. The summed E-state index contributed by atoms with van der Waals surface area (Å²) >= 11 is 2.00. The SMILES string of the molecule is CC(C)(C)NCc1c(F)cccc1N1CCSC(C)(C)C1. The number of nitrogens with one attached hydrogen (secondary N) is 1. The van der Waals surface area contributed by atoms with Crippen LogP contribution >= 0.6 is 11.8 Å². The first-order chi connectivity index (χ1) is 9.68. The highest BCUT2D eigenvalue weighted by Gasteiger charge is 2.28. The van der Waals surface area contributed by atoms with Crippen molar-refractivity contribution in [1.82, 2.24) is 5.32 Å². The van der Waals surface area contributed by atoms with Gasteiger partial charge in [-0.2, -0.15) is 11.8 Å². The molecule has 0 atom stereocenters. The predicted octanol–water partition coefficient (Wildman–Crippen LogP) is 4.05. The Labute approximate surface area is 132 Å². The number of benzene rings is 1. The lowest BCUT2D eigenvalue weighted by molar-refractivity contribution is 0.418. The number of thioether (sulfide) groups is 1. The van der Waals surface area contributed by atoms with Gasteiger partial charge in [0.1, 0.15) is 5.82 Å². The van der Waals surface area contributed by atoms with Crippen LogP contribution in [-0.2, 0) is 6.54 Å². The minimum Gasteiger partial charge on any atom is -0.369 e. The van der Waals surface area contributed by atoms with E-state index in [2.05, 4.69) is 50.9 Å². The summed E-state index contributed by atoms with van der Waals surface area (Å²) in [5.41, 5.74) is 1.81. The normalized spacial score (nSPS) is 18.9. The molecule has 1 aliphatic rings. The summed E-state index contributed by atoms with van der Waals surface area (Å²) < 4.78 is 14.5. The van der Waals surface area contributed by atoms with E-state index in [4.69, 9.17) is 0 Å². The zero-order valence-electron chi connectivity index (χ0n) is 13.8. The minimum absolute atomic E-state index is 0.0173. The van der Waals surface area contributed by atoms with E-state index in [1.165, 1.54) is 0 Å². The highest BCUT2D eigenvalue weighted by atomic mass is 32.2. The summed E-state index contributed by atoms with van der Waals surface area (Å²) in [5.74, 6) is 0.982. The molecule has 0 aliphatic carbocycles. The second-order valence-corrected chi connectivity index (χ2v) is 9.17. The largest absolute Gasteiger partial charge is 0.369 e. The highest BCUT2D eigenvalue weighted by Crippen LogP contribution is 2.34. The Balaban J connectivity index is 2.24. The van der Waals surface area contributed by atoms with Crippen LogP contribution in [0.25, 0.3) is 0 Å². The molecule has 1 fully saturated rings. The Morgan fingerprint density at radius 3 is 2.67 bits per heavy atom. The van der Waals surface area contributed by atoms with Crippen molar-refractivity contribution < 1.29 is 4.39 Å². The van der Waals surface area contributed by atoms with E-state index in [0.29, 0.717) is 6.54 Å². The Bertz CT molecular complexity index is 494. The zero-order valence-corrected chi connectivity index (χ0v) is 14.6. The Morgan fingerprint density at radius 1 is 1.33 bits per heavy atom. The lowest BCUT2D eigenvalue weighted by Crippen LogP contribution is -2.44. The minimum atomic E-state index is -0.111. The number of nitrogens with zero attached hydrogens (tertiary/aromatic N) is 1. The Morgan fingerprint density at radius 2 is 2.05 bits per heavy atom. The molecular weight excluding hydrogens is 283 g/mol. The van der Waals surface area contributed by atoms with Crippen LogP contribution in [0, 0.1) is 5.82 Å². The molecule has 1 saturated heterocycles. The van der Waals surface area contributed by atoms with Crippen molar-refractivity contribution in [3.8, 4) is 0 Å². The lowest BCUT2D eigenvalue weighted by Gasteiger charge is -2.40. The van der Waals surface area contributed by atoms with Crippen molar-refractivity contribution in [2.24, 2.45) is 0 Å². The van der Waals surface area contributed by atoms with Crippen molar-refractivity contribution in [2.45, 2.75) is 51.4 Å². The van der Waals surface area contributed by atoms with Gasteiger partial charge in [-0.3, -0.25) is 0 Å². The highest BCUT2D eigenvalue weighted by molar-refractivity contribution is 8.00. The van der Waals surface area contributed by atoms with Crippen molar-refractivity contribution in [2.75, 3.05) is 23.7 Å². The quantitative estimate of drug-likeness (QED) is 0.907. The van der Waals surface area contributed by atoms with Crippen LogP contribution in [0.5, 0.6) is 0 Å². The van der Waals surface area contributed by atoms with Gasteiger partial charge in [-0.1, -0.05) is 6.07 Å². The van der Waals surface area contributed by atoms with E-state index in [1.54, 1.807) is 6.07 Å². The molecule has 4 heteroatoms. The van der Waals surface area contributed by atoms with Crippen molar-refractivity contribution in [1.29, 1.82) is 0 Å². The fourth-order valence-electron chi connectivity index (χ4n) is 2.59. The van der Waals surface area contributed by atoms with Crippen LogP contribution in [0.15, 0.2) is 18.2 Å². The summed E-state index contributed by atoms with van der Waals surface area (Å²) in [5, 5.41) is 3.41. The smallest absolute Gasteiger partial charge is 0.129 e. The third kappa shape index (κ3) is 4.62. The number of halogens is 1. The van der Waals surface area contributed by atoms with Gasteiger partial charge in [-0.25, -0.2) is 4.39 Å². The second-order valence-electron chi connectivity index (χ2n) is 7.37. The van der Waals surface area contributed by atoms with E-state index in [-0.39, 0.29) is 16.1 Å². The average molecular weight is 310 g/mol. The molecular formula is C17H27FN2S. The molecule has 1 aliphatic heterocycles. The zero-order chi connectivity index (χ0) is 15.7. The van der Waals surface area contributed by atoms with Gasteiger partial charge in [-0.05, 0) is 46.8 Å². The Kier molecular flexibility index (Phi) is 4.89. The number of hydrogen-bond donors (Lipinski definition) is 1. The van der Waals surface area contributed by atoms with Gasteiger partial charge in [0.25, 0.3) is 0 Å². The van der Waals surface area contributed by atoms with Crippen molar-refractivity contribution >= 4 is 17.4 Å². The molecule has 0 bridgehead atoms. The van der Waals surface area contributed by atoms with E-state index in [1.807, 2.05) is 17.8 Å². The van der Waals surface area contributed by atoms with Crippen molar-refractivity contribution in [3.63, 3.8) is 0 Å². The molecule has 1 N–H and O–H groups in total. The van der Waals surface area contributed by atoms with Crippen LogP contribution < -0.4 is 10.2 Å². The molecule has 1 heterocycles. The van der Waals surface area contributed by atoms with E-state index >= 15 is 0 Å². The first kappa shape index (κ1) is 16.6. The molecule has 0 radical (unpaired) electrons. The van der Waals surface area contributed by atoms with E-state index in [0.717, 1.165) is 30.1 Å². The third-order valence-electron chi connectivity index (χ3n) is 3.66. The van der Waals surface area contributed by atoms with Gasteiger partial charge in [0.15, 0.2) is 0 Å². The van der Waals surface area contributed by atoms with E-state index < -0.39 is 0 Å². The predicted molar refractivity (Wildman–Crippen MR) is 91.7 cm³/mol. The molecule has 118 valence electrons. The summed E-state index contributed by atoms with van der Waals surface area (Å²) in [4.78, 5) is 2.33. The summed E-state index contributed by atoms with van der Waals surface area (Å²) in [7, 11) is 0. The van der Waals surface area contributed by atoms with Gasteiger partial charge in [0.2, 0.25) is 0 Å². The molecule has 0 unspecified atom stereocenters. The molecule has 1 aromatic carbocycles. The molecule has 2 nitrogen and oxygen atoms in total.